The minimum Gasteiger partial charge on any atom is -0.496 e. The first kappa shape index (κ1) is 12.3. The molecule has 5 heteroatoms. The van der Waals surface area contributed by atoms with E-state index in [1.54, 1.807) is 31.5 Å². The summed E-state index contributed by atoms with van der Waals surface area (Å²) >= 11 is 0. The smallest absolute Gasteiger partial charge is 0.347 e. The third kappa shape index (κ3) is 2.57. The molecule has 0 saturated carbocycles. The predicted molar refractivity (Wildman–Crippen MR) is 66.5 cm³/mol. The second kappa shape index (κ2) is 5.46. The fourth-order valence-electron chi connectivity index (χ4n) is 1.75. The molecular weight excluding hydrogens is 232 g/mol. The highest BCUT2D eigenvalue weighted by molar-refractivity contribution is 5.34. The van der Waals surface area contributed by atoms with Gasteiger partial charge in [-0.1, -0.05) is 18.2 Å². The molecule has 1 atom stereocenters. The van der Waals surface area contributed by atoms with E-state index in [0.29, 0.717) is 11.3 Å². The Morgan fingerprint density at radius 3 is 2.89 bits per heavy atom. The van der Waals surface area contributed by atoms with E-state index >= 15 is 0 Å². The van der Waals surface area contributed by atoms with Gasteiger partial charge in [0.05, 0.1) is 13.7 Å². The van der Waals surface area contributed by atoms with Gasteiger partial charge in [-0.25, -0.2) is 9.78 Å². The minimum absolute atomic E-state index is 0.146. The van der Waals surface area contributed by atoms with Crippen LogP contribution in [0.15, 0.2) is 47.5 Å². The normalized spacial score (nSPS) is 12.1. The maximum Gasteiger partial charge on any atom is 0.347 e. The standard InChI is InChI=1S/C13H14N2O3/c1-18-12-6-3-2-5-10(12)11(16)9-15-8-4-7-14-13(15)17/h2-8,11,16H,9H2,1H3. The quantitative estimate of drug-likeness (QED) is 0.873. The molecule has 0 fully saturated rings. The van der Waals surface area contributed by atoms with Crippen LogP contribution in [0.4, 0.5) is 0 Å². The van der Waals surface area contributed by atoms with Crippen LogP contribution in [0.25, 0.3) is 0 Å². The molecule has 18 heavy (non-hydrogen) atoms. The monoisotopic (exact) mass is 246 g/mol. The summed E-state index contributed by atoms with van der Waals surface area (Å²) in [6.07, 6.45) is 2.20. The number of rotatable bonds is 4. The van der Waals surface area contributed by atoms with E-state index in [2.05, 4.69) is 4.98 Å². The number of hydrogen-bond acceptors (Lipinski definition) is 4. The van der Waals surface area contributed by atoms with Crippen molar-refractivity contribution in [3.63, 3.8) is 0 Å². The van der Waals surface area contributed by atoms with Crippen LogP contribution >= 0.6 is 0 Å². The van der Waals surface area contributed by atoms with E-state index < -0.39 is 6.10 Å². The van der Waals surface area contributed by atoms with Crippen molar-refractivity contribution in [3.05, 3.63) is 58.8 Å². The number of benzene rings is 1. The zero-order valence-corrected chi connectivity index (χ0v) is 9.98. The fourth-order valence-corrected chi connectivity index (χ4v) is 1.75. The number of aromatic nitrogens is 2. The summed E-state index contributed by atoms with van der Waals surface area (Å²) in [7, 11) is 1.54. The summed E-state index contributed by atoms with van der Waals surface area (Å²) in [4.78, 5) is 15.1. The number of methoxy groups -OCH3 is 1. The molecule has 1 unspecified atom stereocenters. The van der Waals surface area contributed by atoms with Gasteiger partial charge in [-0.15, -0.1) is 0 Å². The van der Waals surface area contributed by atoms with Gasteiger partial charge in [0.15, 0.2) is 0 Å². The molecule has 0 spiro atoms. The number of ether oxygens (including phenoxy) is 1. The number of aliphatic hydroxyl groups excluding tert-OH is 1. The zero-order chi connectivity index (χ0) is 13.0. The third-order valence-corrected chi connectivity index (χ3v) is 2.65. The first-order valence-corrected chi connectivity index (χ1v) is 5.55. The minimum atomic E-state index is -0.817. The molecular formula is C13H14N2O3. The molecule has 0 radical (unpaired) electrons. The lowest BCUT2D eigenvalue weighted by Crippen LogP contribution is -2.24. The maximum absolute atomic E-state index is 11.4. The van der Waals surface area contributed by atoms with Crippen LogP contribution < -0.4 is 10.4 Å². The molecule has 94 valence electrons. The van der Waals surface area contributed by atoms with E-state index in [1.807, 2.05) is 12.1 Å². The highest BCUT2D eigenvalue weighted by Crippen LogP contribution is 2.25. The topological polar surface area (TPSA) is 64.3 Å². The lowest BCUT2D eigenvalue weighted by molar-refractivity contribution is 0.150. The summed E-state index contributed by atoms with van der Waals surface area (Å²) in [6.45, 7) is 0.146. The van der Waals surface area contributed by atoms with Crippen molar-refractivity contribution >= 4 is 0 Å². The van der Waals surface area contributed by atoms with Crippen LogP contribution in [0.1, 0.15) is 11.7 Å². The molecule has 0 amide bonds. The molecule has 1 heterocycles. The summed E-state index contributed by atoms with van der Waals surface area (Å²) in [5, 5.41) is 10.1. The Labute approximate surface area is 104 Å². The van der Waals surface area contributed by atoms with Gasteiger partial charge in [0.2, 0.25) is 0 Å². The largest absolute Gasteiger partial charge is 0.496 e. The Bertz CT molecular complexity index is 580. The number of para-hydroxylation sites is 1. The van der Waals surface area contributed by atoms with Gasteiger partial charge in [-0.3, -0.25) is 4.57 Å². The molecule has 1 N–H and O–H groups in total. The summed E-state index contributed by atoms with van der Waals surface area (Å²) in [5.41, 5.74) is 0.266. The lowest BCUT2D eigenvalue weighted by Gasteiger charge is -2.15. The van der Waals surface area contributed by atoms with E-state index in [0.717, 1.165) is 0 Å². The Kier molecular flexibility index (Phi) is 3.74. The molecule has 5 nitrogen and oxygen atoms in total. The molecule has 2 rings (SSSR count). The average molecular weight is 246 g/mol. The zero-order valence-electron chi connectivity index (χ0n) is 9.98. The molecule has 0 aliphatic heterocycles. The fraction of sp³-hybridized carbons (Fsp3) is 0.231. The van der Waals surface area contributed by atoms with Crippen molar-refractivity contribution < 1.29 is 9.84 Å². The van der Waals surface area contributed by atoms with Crippen molar-refractivity contribution in [1.29, 1.82) is 0 Å². The molecule has 0 aliphatic carbocycles. The van der Waals surface area contributed by atoms with E-state index in [4.69, 9.17) is 4.74 Å². The third-order valence-electron chi connectivity index (χ3n) is 2.65. The van der Waals surface area contributed by atoms with E-state index in [9.17, 15) is 9.90 Å². The Morgan fingerprint density at radius 1 is 1.39 bits per heavy atom. The molecule has 0 bridgehead atoms. The predicted octanol–water partition coefficient (Wildman–Crippen LogP) is 0.985. The summed E-state index contributed by atoms with van der Waals surface area (Å²) < 4.78 is 6.53. The SMILES string of the molecule is COc1ccccc1C(O)Cn1cccnc1=O. The van der Waals surface area contributed by atoms with Crippen molar-refractivity contribution in [3.8, 4) is 5.75 Å². The first-order valence-electron chi connectivity index (χ1n) is 5.55. The lowest BCUT2D eigenvalue weighted by atomic mass is 10.1. The van der Waals surface area contributed by atoms with Gasteiger partial charge in [-0.05, 0) is 12.1 Å². The van der Waals surface area contributed by atoms with Crippen molar-refractivity contribution in [1.82, 2.24) is 9.55 Å². The molecule has 1 aromatic heterocycles. The van der Waals surface area contributed by atoms with Gasteiger partial charge in [0.1, 0.15) is 11.9 Å². The van der Waals surface area contributed by atoms with Crippen molar-refractivity contribution in [2.24, 2.45) is 0 Å². The molecule has 1 aromatic carbocycles. The maximum atomic E-state index is 11.4. The van der Waals surface area contributed by atoms with Crippen LogP contribution in [-0.2, 0) is 6.54 Å². The Hall–Kier alpha value is -2.14. The molecule has 2 aromatic rings. The van der Waals surface area contributed by atoms with Crippen LogP contribution in [-0.4, -0.2) is 21.8 Å². The molecule has 0 saturated heterocycles. The van der Waals surface area contributed by atoms with Crippen LogP contribution in [0.5, 0.6) is 5.75 Å². The van der Waals surface area contributed by atoms with Gasteiger partial charge in [-0.2, -0.15) is 0 Å². The number of hydrogen-bond donors (Lipinski definition) is 1. The van der Waals surface area contributed by atoms with Gasteiger partial charge in [0.25, 0.3) is 0 Å². The Balaban J connectivity index is 2.25. The second-order valence-corrected chi connectivity index (χ2v) is 3.81. The van der Waals surface area contributed by atoms with Crippen LogP contribution in [0.3, 0.4) is 0 Å². The van der Waals surface area contributed by atoms with Gasteiger partial charge >= 0.3 is 5.69 Å². The van der Waals surface area contributed by atoms with E-state index in [1.165, 1.54) is 10.8 Å². The number of aliphatic hydroxyl groups is 1. The Morgan fingerprint density at radius 2 is 2.17 bits per heavy atom. The average Bonchev–Trinajstić information content (AvgIpc) is 2.41. The van der Waals surface area contributed by atoms with Crippen LogP contribution in [0, 0.1) is 0 Å². The highest BCUT2D eigenvalue weighted by Gasteiger charge is 2.13. The second-order valence-electron chi connectivity index (χ2n) is 3.81. The van der Waals surface area contributed by atoms with Gasteiger partial charge < -0.3 is 9.84 Å². The highest BCUT2D eigenvalue weighted by atomic mass is 16.5. The van der Waals surface area contributed by atoms with Crippen molar-refractivity contribution in [2.45, 2.75) is 12.6 Å². The summed E-state index contributed by atoms with van der Waals surface area (Å²) in [5.74, 6) is 0.599. The number of nitrogens with zero attached hydrogens (tertiary/aromatic N) is 2. The summed E-state index contributed by atoms with van der Waals surface area (Å²) in [6, 6.07) is 8.82. The molecule has 0 aliphatic rings. The van der Waals surface area contributed by atoms with Crippen LogP contribution in [0.2, 0.25) is 0 Å². The van der Waals surface area contributed by atoms with E-state index in [-0.39, 0.29) is 12.2 Å². The van der Waals surface area contributed by atoms with Gasteiger partial charge in [0, 0.05) is 18.0 Å². The first-order chi connectivity index (χ1) is 8.72. The van der Waals surface area contributed by atoms with Crippen molar-refractivity contribution in [2.75, 3.05) is 7.11 Å².